The third-order valence-corrected chi connectivity index (χ3v) is 3.12. The molecule has 0 unspecified atom stereocenters. The maximum atomic E-state index is 12.0. The highest BCUT2D eigenvalue weighted by atomic mass is 16.5. The van der Waals surface area contributed by atoms with E-state index in [-0.39, 0.29) is 18.4 Å². The lowest BCUT2D eigenvalue weighted by atomic mass is 10.2. The second kappa shape index (κ2) is 7.44. The number of amides is 2. The van der Waals surface area contributed by atoms with Crippen LogP contribution in [0.2, 0.25) is 0 Å². The van der Waals surface area contributed by atoms with Gasteiger partial charge < -0.3 is 19.9 Å². The molecule has 23 heavy (non-hydrogen) atoms. The standard InChI is InChI=1S/C16H19N3O4/c1-4-22-13-7-5-12(6-8-13)18-14(20)9-17-16(21)15-10(2)19-23-11(15)3/h5-8H,4,9H2,1-3H3,(H,17,21)(H,18,20). The van der Waals surface area contributed by atoms with Crippen LogP contribution in [-0.4, -0.2) is 30.1 Å². The van der Waals surface area contributed by atoms with Crippen LogP contribution in [-0.2, 0) is 4.79 Å². The molecule has 0 saturated heterocycles. The molecule has 0 aliphatic heterocycles. The van der Waals surface area contributed by atoms with Gasteiger partial charge in [-0.25, -0.2) is 0 Å². The molecule has 2 amide bonds. The SMILES string of the molecule is CCOc1ccc(NC(=O)CNC(=O)c2c(C)noc2C)cc1. The number of ether oxygens (including phenoxy) is 1. The molecule has 2 aromatic rings. The minimum Gasteiger partial charge on any atom is -0.494 e. The van der Waals surface area contributed by atoms with E-state index in [4.69, 9.17) is 9.26 Å². The first-order valence-electron chi connectivity index (χ1n) is 7.25. The number of hydrogen-bond acceptors (Lipinski definition) is 5. The lowest BCUT2D eigenvalue weighted by molar-refractivity contribution is -0.115. The van der Waals surface area contributed by atoms with Crippen LogP contribution in [0.3, 0.4) is 0 Å². The Hall–Kier alpha value is -2.83. The summed E-state index contributed by atoms with van der Waals surface area (Å²) in [5, 5.41) is 8.94. The summed E-state index contributed by atoms with van der Waals surface area (Å²) in [6.07, 6.45) is 0. The third-order valence-electron chi connectivity index (χ3n) is 3.12. The summed E-state index contributed by atoms with van der Waals surface area (Å²) < 4.78 is 10.3. The molecule has 0 aliphatic carbocycles. The van der Waals surface area contributed by atoms with E-state index in [9.17, 15) is 9.59 Å². The van der Waals surface area contributed by atoms with E-state index in [1.54, 1.807) is 38.1 Å². The third kappa shape index (κ3) is 4.32. The first-order chi connectivity index (χ1) is 11.0. The van der Waals surface area contributed by atoms with Crippen LogP contribution in [0, 0.1) is 13.8 Å². The van der Waals surface area contributed by atoms with Gasteiger partial charge in [0, 0.05) is 5.69 Å². The number of carbonyl (C=O) groups is 2. The topological polar surface area (TPSA) is 93.5 Å². The maximum Gasteiger partial charge on any atom is 0.257 e. The zero-order chi connectivity index (χ0) is 16.8. The Morgan fingerprint density at radius 1 is 1.22 bits per heavy atom. The van der Waals surface area contributed by atoms with Crippen molar-refractivity contribution in [1.82, 2.24) is 10.5 Å². The molecule has 0 aliphatic rings. The van der Waals surface area contributed by atoms with Crippen molar-refractivity contribution in [2.75, 3.05) is 18.5 Å². The Kier molecular flexibility index (Phi) is 5.35. The zero-order valence-corrected chi connectivity index (χ0v) is 13.3. The van der Waals surface area contributed by atoms with Gasteiger partial charge in [-0.1, -0.05) is 5.16 Å². The highest BCUT2D eigenvalue weighted by molar-refractivity contribution is 6.00. The molecule has 0 atom stereocenters. The fourth-order valence-electron chi connectivity index (χ4n) is 2.06. The molecular formula is C16H19N3O4. The van der Waals surface area contributed by atoms with Gasteiger partial charge in [0.15, 0.2) is 0 Å². The predicted octanol–water partition coefficient (Wildman–Crippen LogP) is 2.06. The second-order valence-corrected chi connectivity index (χ2v) is 4.89. The van der Waals surface area contributed by atoms with Crippen LogP contribution >= 0.6 is 0 Å². The molecule has 1 heterocycles. The van der Waals surface area contributed by atoms with Crippen LogP contribution in [0.15, 0.2) is 28.8 Å². The highest BCUT2D eigenvalue weighted by Crippen LogP contribution is 2.15. The highest BCUT2D eigenvalue weighted by Gasteiger charge is 2.17. The number of aromatic nitrogens is 1. The number of aryl methyl sites for hydroxylation is 2. The average molecular weight is 317 g/mol. The van der Waals surface area contributed by atoms with Gasteiger partial charge in [0.25, 0.3) is 5.91 Å². The molecule has 2 N–H and O–H groups in total. The van der Waals surface area contributed by atoms with Crippen molar-refractivity contribution in [3.63, 3.8) is 0 Å². The Balaban J connectivity index is 1.86. The van der Waals surface area contributed by atoms with E-state index >= 15 is 0 Å². The van der Waals surface area contributed by atoms with Crippen LogP contribution in [0.25, 0.3) is 0 Å². The summed E-state index contributed by atoms with van der Waals surface area (Å²) in [4.78, 5) is 23.9. The molecule has 0 fully saturated rings. The molecule has 122 valence electrons. The largest absolute Gasteiger partial charge is 0.494 e. The van der Waals surface area contributed by atoms with Gasteiger partial charge in [-0.15, -0.1) is 0 Å². The number of anilines is 1. The Morgan fingerprint density at radius 3 is 2.48 bits per heavy atom. The van der Waals surface area contributed by atoms with Crippen molar-refractivity contribution >= 4 is 17.5 Å². The molecular weight excluding hydrogens is 298 g/mol. The van der Waals surface area contributed by atoms with E-state index in [0.717, 1.165) is 5.75 Å². The van der Waals surface area contributed by atoms with Crippen molar-refractivity contribution < 1.29 is 18.8 Å². The van der Waals surface area contributed by atoms with Gasteiger partial charge in [-0.2, -0.15) is 0 Å². The molecule has 2 rings (SSSR count). The van der Waals surface area contributed by atoms with Crippen molar-refractivity contribution in [2.45, 2.75) is 20.8 Å². The lowest BCUT2D eigenvalue weighted by Gasteiger charge is -2.08. The van der Waals surface area contributed by atoms with E-state index in [1.807, 2.05) is 6.92 Å². The monoisotopic (exact) mass is 317 g/mol. The first-order valence-corrected chi connectivity index (χ1v) is 7.25. The van der Waals surface area contributed by atoms with Gasteiger partial charge in [0.1, 0.15) is 17.1 Å². The van der Waals surface area contributed by atoms with Gasteiger partial charge in [-0.05, 0) is 45.0 Å². The van der Waals surface area contributed by atoms with Crippen molar-refractivity contribution in [3.8, 4) is 5.75 Å². The molecule has 0 radical (unpaired) electrons. The first kappa shape index (κ1) is 16.5. The Morgan fingerprint density at radius 2 is 1.91 bits per heavy atom. The van der Waals surface area contributed by atoms with Gasteiger partial charge >= 0.3 is 0 Å². The second-order valence-electron chi connectivity index (χ2n) is 4.89. The molecule has 7 nitrogen and oxygen atoms in total. The summed E-state index contributed by atoms with van der Waals surface area (Å²) in [5.41, 5.74) is 1.48. The summed E-state index contributed by atoms with van der Waals surface area (Å²) >= 11 is 0. The molecule has 0 bridgehead atoms. The van der Waals surface area contributed by atoms with E-state index < -0.39 is 0 Å². The van der Waals surface area contributed by atoms with Gasteiger partial charge in [-0.3, -0.25) is 9.59 Å². The van der Waals surface area contributed by atoms with Crippen molar-refractivity contribution in [2.24, 2.45) is 0 Å². The fourth-order valence-corrected chi connectivity index (χ4v) is 2.06. The number of rotatable bonds is 6. The van der Waals surface area contributed by atoms with Crippen LogP contribution < -0.4 is 15.4 Å². The minimum absolute atomic E-state index is 0.143. The van der Waals surface area contributed by atoms with Gasteiger partial charge in [0.2, 0.25) is 5.91 Å². The number of benzene rings is 1. The predicted molar refractivity (Wildman–Crippen MR) is 84.6 cm³/mol. The maximum absolute atomic E-state index is 12.0. The van der Waals surface area contributed by atoms with Crippen molar-refractivity contribution in [1.29, 1.82) is 0 Å². The fraction of sp³-hybridized carbons (Fsp3) is 0.312. The number of hydrogen-bond donors (Lipinski definition) is 2. The normalized spacial score (nSPS) is 10.2. The molecule has 1 aromatic heterocycles. The van der Waals surface area contributed by atoms with E-state index in [0.29, 0.717) is 29.3 Å². The summed E-state index contributed by atoms with van der Waals surface area (Å²) in [7, 11) is 0. The number of carbonyl (C=O) groups excluding carboxylic acids is 2. The van der Waals surface area contributed by atoms with Crippen LogP contribution in [0.1, 0.15) is 28.7 Å². The average Bonchev–Trinajstić information content (AvgIpc) is 2.86. The van der Waals surface area contributed by atoms with Gasteiger partial charge in [0.05, 0.1) is 18.8 Å². The molecule has 0 saturated carbocycles. The summed E-state index contributed by atoms with van der Waals surface area (Å²) in [6.45, 7) is 5.66. The Bertz CT molecular complexity index is 672. The number of nitrogens with one attached hydrogen (secondary N) is 2. The van der Waals surface area contributed by atoms with Crippen LogP contribution in [0.5, 0.6) is 5.75 Å². The lowest BCUT2D eigenvalue weighted by Crippen LogP contribution is -2.33. The molecule has 1 aromatic carbocycles. The van der Waals surface area contributed by atoms with E-state index in [2.05, 4.69) is 15.8 Å². The smallest absolute Gasteiger partial charge is 0.257 e. The number of nitrogens with zero attached hydrogens (tertiary/aromatic N) is 1. The van der Waals surface area contributed by atoms with Crippen molar-refractivity contribution in [3.05, 3.63) is 41.3 Å². The molecule has 7 heteroatoms. The zero-order valence-electron chi connectivity index (χ0n) is 13.3. The quantitative estimate of drug-likeness (QED) is 0.850. The summed E-state index contributed by atoms with van der Waals surface area (Å²) in [6, 6.07) is 7.00. The Labute approximate surface area is 134 Å². The minimum atomic E-state index is -0.386. The van der Waals surface area contributed by atoms with E-state index in [1.165, 1.54) is 0 Å². The van der Waals surface area contributed by atoms with Crippen LogP contribution in [0.4, 0.5) is 5.69 Å². The summed E-state index contributed by atoms with van der Waals surface area (Å²) in [5.74, 6) is 0.446. The molecule has 0 spiro atoms.